The average Bonchev–Trinajstić information content (AvgIpc) is 2.68. The molecule has 1 aromatic carbocycles. The van der Waals surface area contributed by atoms with Crippen molar-refractivity contribution >= 4 is 11.8 Å². The average molecular weight is 334 g/mol. The van der Waals surface area contributed by atoms with Crippen molar-refractivity contribution in [3.8, 4) is 6.07 Å². The maximum atomic E-state index is 12.5. The summed E-state index contributed by atoms with van der Waals surface area (Å²) in [6.07, 6.45) is 2.98. The SMILES string of the molecule is N#Cc1cccc(C(=O)N2CCC(NC(=O)c3ccccn3)CC2)c1. The molecular weight excluding hydrogens is 316 g/mol. The summed E-state index contributed by atoms with van der Waals surface area (Å²) in [6, 6.07) is 14.0. The Morgan fingerprint density at radius 2 is 1.96 bits per heavy atom. The third-order valence-corrected chi connectivity index (χ3v) is 4.25. The second-order valence-electron chi connectivity index (χ2n) is 5.95. The molecular formula is C19H18N4O2. The van der Waals surface area contributed by atoms with Crippen LogP contribution >= 0.6 is 0 Å². The number of nitriles is 1. The van der Waals surface area contributed by atoms with Gasteiger partial charge < -0.3 is 10.2 Å². The third-order valence-electron chi connectivity index (χ3n) is 4.25. The topological polar surface area (TPSA) is 86.1 Å². The minimum Gasteiger partial charge on any atom is -0.348 e. The minimum absolute atomic E-state index is 0.0315. The van der Waals surface area contributed by atoms with E-state index in [0.29, 0.717) is 42.8 Å². The van der Waals surface area contributed by atoms with E-state index in [1.807, 2.05) is 6.07 Å². The highest BCUT2D eigenvalue weighted by molar-refractivity contribution is 5.95. The Balaban J connectivity index is 1.55. The maximum absolute atomic E-state index is 12.5. The summed E-state index contributed by atoms with van der Waals surface area (Å²) in [7, 11) is 0. The third kappa shape index (κ3) is 4.01. The first-order chi connectivity index (χ1) is 12.2. The Kier molecular flexibility index (Phi) is 5.05. The van der Waals surface area contributed by atoms with Gasteiger partial charge in [0.25, 0.3) is 11.8 Å². The van der Waals surface area contributed by atoms with Gasteiger partial charge in [0, 0.05) is 30.9 Å². The van der Waals surface area contributed by atoms with E-state index >= 15 is 0 Å². The fourth-order valence-corrected chi connectivity index (χ4v) is 2.89. The molecule has 2 heterocycles. The summed E-state index contributed by atoms with van der Waals surface area (Å²) >= 11 is 0. The lowest BCUT2D eigenvalue weighted by molar-refractivity contribution is 0.0697. The van der Waals surface area contributed by atoms with Gasteiger partial charge in [-0.3, -0.25) is 14.6 Å². The lowest BCUT2D eigenvalue weighted by atomic mass is 10.0. The van der Waals surface area contributed by atoms with Gasteiger partial charge >= 0.3 is 0 Å². The fraction of sp³-hybridized carbons (Fsp3) is 0.263. The quantitative estimate of drug-likeness (QED) is 0.930. The number of amides is 2. The molecule has 1 fully saturated rings. The van der Waals surface area contributed by atoms with Gasteiger partial charge in [-0.05, 0) is 43.2 Å². The highest BCUT2D eigenvalue weighted by Gasteiger charge is 2.25. The Morgan fingerprint density at radius 1 is 1.16 bits per heavy atom. The first-order valence-corrected chi connectivity index (χ1v) is 8.18. The number of piperidine rings is 1. The van der Waals surface area contributed by atoms with E-state index in [4.69, 9.17) is 5.26 Å². The summed E-state index contributed by atoms with van der Waals surface area (Å²) < 4.78 is 0. The largest absolute Gasteiger partial charge is 0.348 e. The molecule has 1 aromatic heterocycles. The first kappa shape index (κ1) is 16.7. The zero-order valence-electron chi connectivity index (χ0n) is 13.7. The lowest BCUT2D eigenvalue weighted by Crippen LogP contribution is -2.46. The van der Waals surface area contributed by atoms with Crippen LogP contribution in [-0.2, 0) is 0 Å². The van der Waals surface area contributed by atoms with Crippen molar-refractivity contribution < 1.29 is 9.59 Å². The van der Waals surface area contributed by atoms with Gasteiger partial charge in [-0.25, -0.2) is 0 Å². The van der Waals surface area contributed by atoms with Crippen molar-refractivity contribution in [2.45, 2.75) is 18.9 Å². The molecule has 0 aliphatic carbocycles. The number of nitrogens with one attached hydrogen (secondary N) is 1. The van der Waals surface area contributed by atoms with Crippen LogP contribution in [0.3, 0.4) is 0 Å². The van der Waals surface area contributed by atoms with Gasteiger partial charge in [0.15, 0.2) is 0 Å². The van der Waals surface area contributed by atoms with Crippen molar-refractivity contribution in [3.05, 3.63) is 65.5 Å². The van der Waals surface area contributed by atoms with Gasteiger partial charge in [0.1, 0.15) is 5.69 Å². The number of hydrogen-bond acceptors (Lipinski definition) is 4. The molecule has 0 unspecified atom stereocenters. The number of likely N-dealkylation sites (tertiary alicyclic amines) is 1. The molecule has 0 saturated carbocycles. The summed E-state index contributed by atoms with van der Waals surface area (Å²) in [4.78, 5) is 30.5. The predicted octanol–water partition coefficient (Wildman–Crippen LogP) is 1.99. The Labute approximate surface area is 146 Å². The van der Waals surface area contributed by atoms with Crippen molar-refractivity contribution in [1.82, 2.24) is 15.2 Å². The number of nitrogens with zero attached hydrogens (tertiary/aromatic N) is 3. The molecule has 6 nitrogen and oxygen atoms in total. The van der Waals surface area contributed by atoms with Gasteiger partial charge in [-0.2, -0.15) is 5.26 Å². The van der Waals surface area contributed by atoms with Crippen molar-refractivity contribution in [1.29, 1.82) is 5.26 Å². The standard InChI is InChI=1S/C19H18N4O2/c20-13-14-4-3-5-15(12-14)19(25)23-10-7-16(8-11-23)22-18(24)17-6-1-2-9-21-17/h1-6,9,12,16H,7-8,10-11H2,(H,22,24). The summed E-state index contributed by atoms with van der Waals surface area (Å²) in [5.41, 5.74) is 1.40. The Hall–Kier alpha value is -3.20. The van der Waals surface area contributed by atoms with E-state index in [2.05, 4.69) is 10.3 Å². The summed E-state index contributed by atoms with van der Waals surface area (Å²) in [5.74, 6) is -0.265. The maximum Gasteiger partial charge on any atom is 0.270 e. The molecule has 6 heteroatoms. The van der Waals surface area contributed by atoms with Crippen LogP contribution in [-0.4, -0.2) is 40.8 Å². The van der Waals surface area contributed by atoms with E-state index in [9.17, 15) is 9.59 Å². The van der Waals surface area contributed by atoms with Gasteiger partial charge in [0.2, 0.25) is 0 Å². The predicted molar refractivity (Wildman–Crippen MR) is 91.8 cm³/mol. The molecule has 0 bridgehead atoms. The number of hydrogen-bond donors (Lipinski definition) is 1. The van der Waals surface area contributed by atoms with E-state index < -0.39 is 0 Å². The van der Waals surface area contributed by atoms with Crippen molar-refractivity contribution in [2.75, 3.05) is 13.1 Å². The molecule has 1 aliphatic rings. The summed E-state index contributed by atoms with van der Waals surface area (Å²) in [5, 5.41) is 11.9. The van der Waals surface area contributed by atoms with Crippen molar-refractivity contribution in [2.24, 2.45) is 0 Å². The molecule has 3 rings (SSSR count). The van der Waals surface area contributed by atoms with Crippen LogP contribution in [0.2, 0.25) is 0 Å². The van der Waals surface area contributed by atoms with Crippen LogP contribution < -0.4 is 5.32 Å². The number of rotatable bonds is 3. The van der Waals surface area contributed by atoms with Crippen LogP contribution in [0.5, 0.6) is 0 Å². The first-order valence-electron chi connectivity index (χ1n) is 8.18. The zero-order chi connectivity index (χ0) is 17.6. The Morgan fingerprint density at radius 3 is 2.64 bits per heavy atom. The molecule has 25 heavy (non-hydrogen) atoms. The molecule has 1 saturated heterocycles. The normalized spacial score (nSPS) is 14.6. The molecule has 1 aliphatic heterocycles. The minimum atomic E-state index is -0.188. The number of carbonyl (C=O) groups is 2. The highest BCUT2D eigenvalue weighted by Crippen LogP contribution is 2.15. The van der Waals surface area contributed by atoms with Gasteiger partial charge in [-0.15, -0.1) is 0 Å². The molecule has 0 radical (unpaired) electrons. The molecule has 2 aromatic rings. The van der Waals surface area contributed by atoms with E-state index in [0.717, 1.165) is 0 Å². The van der Waals surface area contributed by atoms with Crippen LogP contribution in [0, 0.1) is 11.3 Å². The van der Waals surface area contributed by atoms with Gasteiger partial charge in [0.05, 0.1) is 11.6 Å². The van der Waals surface area contributed by atoms with Crippen LogP contribution in [0.4, 0.5) is 0 Å². The number of benzene rings is 1. The van der Waals surface area contributed by atoms with Gasteiger partial charge in [-0.1, -0.05) is 12.1 Å². The summed E-state index contributed by atoms with van der Waals surface area (Å²) in [6.45, 7) is 1.14. The smallest absolute Gasteiger partial charge is 0.270 e. The molecule has 0 atom stereocenters. The van der Waals surface area contributed by atoms with Crippen LogP contribution in [0.1, 0.15) is 39.3 Å². The lowest BCUT2D eigenvalue weighted by Gasteiger charge is -2.32. The molecule has 1 N–H and O–H groups in total. The molecule has 0 spiro atoms. The number of carbonyl (C=O) groups excluding carboxylic acids is 2. The monoisotopic (exact) mass is 334 g/mol. The van der Waals surface area contributed by atoms with E-state index in [-0.39, 0.29) is 17.9 Å². The number of pyridine rings is 1. The van der Waals surface area contributed by atoms with Crippen LogP contribution in [0.15, 0.2) is 48.7 Å². The highest BCUT2D eigenvalue weighted by atomic mass is 16.2. The Bertz CT molecular complexity index is 806. The zero-order valence-corrected chi connectivity index (χ0v) is 13.7. The van der Waals surface area contributed by atoms with Crippen molar-refractivity contribution in [3.63, 3.8) is 0 Å². The van der Waals surface area contributed by atoms with E-state index in [1.54, 1.807) is 53.6 Å². The second kappa shape index (κ2) is 7.58. The van der Waals surface area contributed by atoms with E-state index in [1.165, 1.54) is 0 Å². The number of aromatic nitrogens is 1. The second-order valence-corrected chi connectivity index (χ2v) is 5.95. The van der Waals surface area contributed by atoms with Crippen LogP contribution in [0.25, 0.3) is 0 Å². The molecule has 2 amide bonds. The fourth-order valence-electron chi connectivity index (χ4n) is 2.89. The molecule has 126 valence electrons.